The number of hydrogen-bond donors (Lipinski definition) is 1. The smallest absolute Gasteiger partial charge is 0.136 e. The molecule has 1 aliphatic heterocycles. The zero-order valence-corrected chi connectivity index (χ0v) is 11.2. The van der Waals surface area contributed by atoms with Crippen LogP contribution < -0.4 is 15.0 Å². The van der Waals surface area contributed by atoms with E-state index in [0.29, 0.717) is 6.61 Å². The average molecular weight is 257 g/mol. The molecule has 0 radical (unpaired) electrons. The van der Waals surface area contributed by atoms with Gasteiger partial charge in [-0.05, 0) is 36.6 Å². The van der Waals surface area contributed by atoms with Crippen LogP contribution in [0, 0.1) is 0 Å². The summed E-state index contributed by atoms with van der Waals surface area (Å²) in [5, 5.41) is 5.76. The molecule has 0 aliphatic carbocycles. The summed E-state index contributed by atoms with van der Waals surface area (Å²) in [4.78, 5) is 6.91. The first-order valence-corrected chi connectivity index (χ1v) is 6.85. The SMILES string of the molecule is CCOc1ccc2c(N3CCNCC3)nccc2c1. The monoisotopic (exact) mass is 257 g/mol. The second kappa shape index (κ2) is 5.45. The highest BCUT2D eigenvalue weighted by Gasteiger charge is 2.14. The highest BCUT2D eigenvalue weighted by atomic mass is 16.5. The van der Waals surface area contributed by atoms with Crippen molar-refractivity contribution in [1.82, 2.24) is 10.3 Å². The fraction of sp³-hybridized carbons (Fsp3) is 0.400. The molecule has 4 heteroatoms. The molecule has 0 amide bonds. The largest absolute Gasteiger partial charge is 0.494 e. The first-order chi connectivity index (χ1) is 9.38. The van der Waals surface area contributed by atoms with Crippen molar-refractivity contribution < 1.29 is 4.74 Å². The van der Waals surface area contributed by atoms with Gasteiger partial charge in [0.25, 0.3) is 0 Å². The summed E-state index contributed by atoms with van der Waals surface area (Å²) in [6, 6.07) is 8.28. The topological polar surface area (TPSA) is 37.4 Å². The molecule has 1 aliphatic rings. The van der Waals surface area contributed by atoms with E-state index >= 15 is 0 Å². The van der Waals surface area contributed by atoms with Crippen molar-refractivity contribution >= 4 is 16.6 Å². The number of aromatic nitrogens is 1. The Labute approximate surface area is 113 Å². The predicted molar refractivity (Wildman–Crippen MR) is 78.0 cm³/mol. The lowest BCUT2D eigenvalue weighted by molar-refractivity contribution is 0.341. The third-order valence-corrected chi connectivity index (χ3v) is 3.44. The fourth-order valence-corrected chi connectivity index (χ4v) is 2.53. The molecule has 2 heterocycles. The number of rotatable bonds is 3. The Bertz CT molecular complexity index is 564. The Hall–Kier alpha value is -1.81. The maximum absolute atomic E-state index is 5.56. The van der Waals surface area contributed by atoms with Crippen molar-refractivity contribution in [2.45, 2.75) is 6.92 Å². The van der Waals surface area contributed by atoms with Gasteiger partial charge in [-0.3, -0.25) is 0 Å². The number of anilines is 1. The standard InChI is InChI=1S/C15H19N3O/c1-2-19-13-3-4-14-12(11-13)5-6-17-15(14)18-9-7-16-8-10-18/h3-6,11,16H,2,7-10H2,1H3. The van der Waals surface area contributed by atoms with Crippen LogP contribution in [0.3, 0.4) is 0 Å². The van der Waals surface area contributed by atoms with E-state index in [1.807, 2.05) is 25.3 Å². The molecule has 100 valence electrons. The third-order valence-electron chi connectivity index (χ3n) is 3.44. The van der Waals surface area contributed by atoms with Gasteiger partial charge < -0.3 is 15.0 Å². The molecule has 0 bridgehead atoms. The van der Waals surface area contributed by atoms with E-state index < -0.39 is 0 Å². The molecule has 1 aromatic carbocycles. The van der Waals surface area contributed by atoms with E-state index in [0.717, 1.165) is 37.7 Å². The Morgan fingerprint density at radius 1 is 1.26 bits per heavy atom. The summed E-state index contributed by atoms with van der Waals surface area (Å²) < 4.78 is 5.56. The Morgan fingerprint density at radius 2 is 2.11 bits per heavy atom. The number of pyridine rings is 1. The van der Waals surface area contributed by atoms with Crippen molar-refractivity contribution in [2.75, 3.05) is 37.7 Å². The van der Waals surface area contributed by atoms with Gasteiger partial charge in [0.05, 0.1) is 6.61 Å². The number of nitrogens with one attached hydrogen (secondary N) is 1. The highest BCUT2D eigenvalue weighted by Crippen LogP contribution is 2.27. The second-order valence-electron chi connectivity index (χ2n) is 4.69. The predicted octanol–water partition coefficient (Wildman–Crippen LogP) is 2.04. The molecule has 19 heavy (non-hydrogen) atoms. The van der Waals surface area contributed by atoms with Crippen LogP contribution in [-0.4, -0.2) is 37.8 Å². The van der Waals surface area contributed by atoms with E-state index in [2.05, 4.69) is 27.3 Å². The summed E-state index contributed by atoms with van der Waals surface area (Å²) in [7, 11) is 0. The molecule has 4 nitrogen and oxygen atoms in total. The molecule has 0 atom stereocenters. The number of piperazine rings is 1. The van der Waals surface area contributed by atoms with Crippen molar-refractivity contribution in [3.05, 3.63) is 30.5 Å². The average Bonchev–Trinajstić information content (AvgIpc) is 2.48. The number of fused-ring (bicyclic) bond motifs is 1. The van der Waals surface area contributed by atoms with E-state index in [1.54, 1.807) is 0 Å². The van der Waals surface area contributed by atoms with E-state index in [9.17, 15) is 0 Å². The first-order valence-electron chi connectivity index (χ1n) is 6.85. The Kier molecular flexibility index (Phi) is 3.51. The van der Waals surface area contributed by atoms with Gasteiger partial charge >= 0.3 is 0 Å². The maximum atomic E-state index is 5.56. The Balaban J connectivity index is 2.00. The lowest BCUT2D eigenvalue weighted by Gasteiger charge is -2.29. The van der Waals surface area contributed by atoms with E-state index in [4.69, 9.17) is 4.74 Å². The molecule has 1 saturated heterocycles. The minimum Gasteiger partial charge on any atom is -0.494 e. The Morgan fingerprint density at radius 3 is 2.89 bits per heavy atom. The normalized spacial score (nSPS) is 15.7. The maximum Gasteiger partial charge on any atom is 0.136 e. The van der Waals surface area contributed by atoms with Gasteiger partial charge in [0.2, 0.25) is 0 Å². The molecular formula is C15H19N3O. The van der Waals surface area contributed by atoms with Crippen LogP contribution >= 0.6 is 0 Å². The number of nitrogens with zero attached hydrogens (tertiary/aromatic N) is 2. The summed E-state index contributed by atoms with van der Waals surface area (Å²) in [5.74, 6) is 2.01. The first kappa shape index (κ1) is 12.2. The number of benzene rings is 1. The second-order valence-corrected chi connectivity index (χ2v) is 4.69. The van der Waals surface area contributed by atoms with Crippen molar-refractivity contribution in [3.8, 4) is 5.75 Å². The summed E-state index contributed by atoms with van der Waals surface area (Å²) in [5.41, 5.74) is 0. The quantitative estimate of drug-likeness (QED) is 0.913. The van der Waals surface area contributed by atoms with Gasteiger partial charge in [-0.2, -0.15) is 0 Å². The molecule has 0 saturated carbocycles. The molecule has 1 aromatic heterocycles. The summed E-state index contributed by atoms with van der Waals surface area (Å²) in [6.07, 6.45) is 1.88. The van der Waals surface area contributed by atoms with Crippen molar-refractivity contribution in [2.24, 2.45) is 0 Å². The van der Waals surface area contributed by atoms with Crippen LogP contribution in [-0.2, 0) is 0 Å². The molecule has 2 aromatic rings. The lowest BCUT2D eigenvalue weighted by atomic mass is 10.1. The number of ether oxygens (including phenoxy) is 1. The molecule has 1 N–H and O–H groups in total. The van der Waals surface area contributed by atoms with Gasteiger partial charge in [-0.25, -0.2) is 4.98 Å². The molecule has 0 spiro atoms. The van der Waals surface area contributed by atoms with Crippen molar-refractivity contribution in [1.29, 1.82) is 0 Å². The van der Waals surface area contributed by atoms with Crippen LogP contribution in [0.5, 0.6) is 5.75 Å². The lowest BCUT2D eigenvalue weighted by Crippen LogP contribution is -2.43. The van der Waals surface area contributed by atoms with Crippen LogP contribution in [0.25, 0.3) is 10.8 Å². The third kappa shape index (κ3) is 2.49. The molecular weight excluding hydrogens is 238 g/mol. The van der Waals surface area contributed by atoms with Crippen LogP contribution in [0.1, 0.15) is 6.92 Å². The van der Waals surface area contributed by atoms with E-state index in [1.165, 1.54) is 10.8 Å². The summed E-state index contributed by atoms with van der Waals surface area (Å²) in [6.45, 7) is 6.77. The fourth-order valence-electron chi connectivity index (χ4n) is 2.53. The summed E-state index contributed by atoms with van der Waals surface area (Å²) >= 11 is 0. The van der Waals surface area contributed by atoms with Gasteiger partial charge in [0.15, 0.2) is 0 Å². The zero-order chi connectivity index (χ0) is 13.1. The molecule has 0 unspecified atom stereocenters. The van der Waals surface area contributed by atoms with Gasteiger partial charge in [0.1, 0.15) is 11.6 Å². The van der Waals surface area contributed by atoms with Crippen LogP contribution in [0.2, 0.25) is 0 Å². The zero-order valence-electron chi connectivity index (χ0n) is 11.2. The number of hydrogen-bond acceptors (Lipinski definition) is 4. The van der Waals surface area contributed by atoms with Crippen LogP contribution in [0.4, 0.5) is 5.82 Å². The van der Waals surface area contributed by atoms with Crippen molar-refractivity contribution in [3.63, 3.8) is 0 Å². The molecule has 1 fully saturated rings. The highest BCUT2D eigenvalue weighted by molar-refractivity contribution is 5.93. The molecule has 3 rings (SSSR count). The van der Waals surface area contributed by atoms with Gasteiger partial charge in [0, 0.05) is 37.8 Å². The van der Waals surface area contributed by atoms with Crippen LogP contribution in [0.15, 0.2) is 30.5 Å². The van der Waals surface area contributed by atoms with Gasteiger partial charge in [-0.1, -0.05) is 0 Å². The minimum absolute atomic E-state index is 0.696. The van der Waals surface area contributed by atoms with E-state index in [-0.39, 0.29) is 0 Å². The van der Waals surface area contributed by atoms with Gasteiger partial charge in [-0.15, -0.1) is 0 Å². The minimum atomic E-state index is 0.696.